The van der Waals surface area contributed by atoms with Gasteiger partial charge in [-0.1, -0.05) is 75.4 Å². The second kappa shape index (κ2) is 11.1. The zero-order valence-electron chi connectivity index (χ0n) is 33.4. The molecular formula is C53H47N3O+2. The maximum Gasteiger partial charge on any atom is 0.257 e. The van der Waals surface area contributed by atoms with Crippen LogP contribution in [0.4, 0.5) is 0 Å². The number of ether oxygens (including phenoxy) is 1. The molecule has 57 heavy (non-hydrogen) atoms. The van der Waals surface area contributed by atoms with E-state index in [2.05, 4.69) is 182 Å². The monoisotopic (exact) mass is 741 g/mol. The van der Waals surface area contributed by atoms with Gasteiger partial charge in [0.15, 0.2) is 12.4 Å². The Balaban J connectivity index is 1.21. The summed E-state index contributed by atoms with van der Waals surface area (Å²) in [5.41, 5.74) is 14.6. The van der Waals surface area contributed by atoms with Crippen molar-refractivity contribution >= 4 is 43.8 Å². The van der Waals surface area contributed by atoms with Gasteiger partial charge in [0.1, 0.15) is 11.9 Å². The molecule has 4 atom stereocenters. The van der Waals surface area contributed by atoms with Crippen molar-refractivity contribution in [3.63, 3.8) is 0 Å². The van der Waals surface area contributed by atoms with E-state index >= 15 is 0 Å². The van der Waals surface area contributed by atoms with Crippen LogP contribution in [-0.2, 0) is 23.8 Å². The van der Waals surface area contributed by atoms with Crippen LogP contribution < -0.4 is 13.9 Å². The number of benzene rings is 4. The summed E-state index contributed by atoms with van der Waals surface area (Å²) in [5, 5.41) is 5.10. The molecule has 0 amide bonds. The number of aryl methyl sites for hydroxylation is 1. The van der Waals surface area contributed by atoms with Gasteiger partial charge in [0.2, 0.25) is 11.4 Å². The van der Waals surface area contributed by atoms with Gasteiger partial charge in [0.25, 0.3) is 11.2 Å². The second-order valence-corrected chi connectivity index (χ2v) is 18.7. The number of nitrogens with zero attached hydrogens (tertiary/aromatic N) is 3. The third-order valence-corrected chi connectivity index (χ3v) is 14.4. The molecule has 4 aromatic carbocycles. The molecule has 278 valence electrons. The lowest BCUT2D eigenvalue weighted by Gasteiger charge is -2.45. The van der Waals surface area contributed by atoms with Crippen molar-refractivity contribution in [1.29, 1.82) is 0 Å². The van der Waals surface area contributed by atoms with Crippen molar-refractivity contribution in [3.05, 3.63) is 163 Å². The van der Waals surface area contributed by atoms with E-state index in [0.717, 1.165) is 30.7 Å². The fourth-order valence-corrected chi connectivity index (χ4v) is 11.5. The zero-order chi connectivity index (χ0) is 38.6. The van der Waals surface area contributed by atoms with E-state index in [4.69, 9.17) is 11.3 Å². The maximum atomic E-state index is 6.87. The number of pyridine rings is 2. The Morgan fingerprint density at radius 1 is 0.789 bits per heavy atom. The number of fused-ring (bicyclic) bond motifs is 19. The van der Waals surface area contributed by atoms with Crippen molar-refractivity contribution in [1.82, 2.24) is 4.40 Å². The Morgan fingerprint density at radius 3 is 2.47 bits per heavy atom. The summed E-state index contributed by atoms with van der Waals surface area (Å²) in [4.78, 5) is 0. The molecule has 0 bridgehead atoms. The van der Waals surface area contributed by atoms with Crippen LogP contribution >= 0.6 is 0 Å². The molecule has 0 saturated carbocycles. The van der Waals surface area contributed by atoms with Gasteiger partial charge in [-0.2, -0.15) is 9.13 Å². The van der Waals surface area contributed by atoms with Crippen LogP contribution in [0.1, 0.15) is 69.2 Å². The molecule has 4 unspecified atom stereocenters. The smallest absolute Gasteiger partial charge is 0.257 e. The fourth-order valence-electron chi connectivity index (χ4n) is 11.5. The summed E-state index contributed by atoms with van der Waals surface area (Å²) in [7, 11) is 0. The first-order chi connectivity index (χ1) is 27.5. The summed E-state index contributed by atoms with van der Waals surface area (Å²) < 4.78 is 14.4. The van der Waals surface area contributed by atoms with Gasteiger partial charge in [-0.25, -0.2) is 0 Å². The predicted molar refractivity (Wildman–Crippen MR) is 232 cm³/mol. The summed E-state index contributed by atoms with van der Waals surface area (Å²) in [6.45, 7) is 17.1. The Hall–Kier alpha value is -6.00. The molecule has 4 heteroatoms. The van der Waals surface area contributed by atoms with E-state index in [1.807, 2.05) is 0 Å². The quantitative estimate of drug-likeness (QED) is 0.154. The highest BCUT2D eigenvalue weighted by Gasteiger charge is 2.64. The van der Waals surface area contributed by atoms with Gasteiger partial charge in [-0.05, 0) is 97.3 Å². The number of allylic oxidation sites excluding steroid dienone is 3. The van der Waals surface area contributed by atoms with E-state index in [1.165, 1.54) is 82.9 Å². The van der Waals surface area contributed by atoms with Crippen molar-refractivity contribution in [2.45, 2.75) is 76.9 Å². The first-order valence-corrected chi connectivity index (χ1v) is 20.7. The van der Waals surface area contributed by atoms with Crippen molar-refractivity contribution < 1.29 is 13.9 Å². The molecule has 1 aliphatic carbocycles. The van der Waals surface area contributed by atoms with E-state index in [0.29, 0.717) is 0 Å². The molecule has 12 rings (SSSR count). The van der Waals surface area contributed by atoms with Crippen molar-refractivity contribution in [2.24, 2.45) is 5.41 Å². The van der Waals surface area contributed by atoms with E-state index in [9.17, 15) is 0 Å². The molecule has 7 heterocycles. The SMILES string of the molecule is C=C1[n+]2ccccc2-c2ccccc2CCC2(C)c3cc4c(cc3-c3cc(CC(C)(C)C)cc[n+]3C12C)c1cc2c(c3c5ccccc5n4c13)OC1C=CC=CC21. The highest BCUT2D eigenvalue weighted by Crippen LogP contribution is 2.56. The molecule has 0 saturated heterocycles. The number of para-hydroxylation sites is 1. The molecule has 3 aliphatic heterocycles. The number of hydrogen-bond acceptors (Lipinski definition) is 1. The molecule has 4 nitrogen and oxygen atoms in total. The molecule has 0 spiro atoms. The van der Waals surface area contributed by atoms with E-state index in [-0.39, 0.29) is 22.9 Å². The largest absolute Gasteiger partial charge is 0.484 e. The first-order valence-electron chi connectivity index (χ1n) is 20.7. The molecule has 8 aromatic rings. The lowest BCUT2D eigenvalue weighted by molar-refractivity contribution is -0.769. The number of hydrogen-bond donors (Lipinski definition) is 0. The van der Waals surface area contributed by atoms with Gasteiger partial charge >= 0.3 is 0 Å². The lowest BCUT2D eigenvalue weighted by atomic mass is 9.59. The predicted octanol–water partition coefficient (Wildman–Crippen LogP) is 11.4. The van der Waals surface area contributed by atoms with Crippen LogP contribution in [0.3, 0.4) is 0 Å². The Bertz CT molecular complexity index is 3140. The zero-order valence-corrected chi connectivity index (χ0v) is 33.4. The highest BCUT2D eigenvalue weighted by atomic mass is 16.5. The maximum absolute atomic E-state index is 6.87. The number of rotatable bonds is 1. The Morgan fingerprint density at radius 2 is 1.60 bits per heavy atom. The van der Waals surface area contributed by atoms with Crippen LogP contribution in [0.5, 0.6) is 5.75 Å². The Labute approximate surface area is 334 Å². The molecule has 0 radical (unpaired) electrons. The second-order valence-electron chi connectivity index (χ2n) is 18.7. The van der Waals surface area contributed by atoms with Gasteiger partial charge in [0, 0.05) is 64.4 Å². The minimum absolute atomic E-state index is 0.0276. The van der Waals surface area contributed by atoms with Gasteiger partial charge in [0.05, 0.1) is 32.9 Å². The molecule has 0 N–H and O–H groups in total. The van der Waals surface area contributed by atoms with Gasteiger partial charge in [-0.15, -0.1) is 0 Å². The highest BCUT2D eigenvalue weighted by molar-refractivity contribution is 6.26. The molecular weight excluding hydrogens is 695 g/mol. The van der Waals surface area contributed by atoms with Crippen LogP contribution in [0.15, 0.2) is 140 Å². The topological polar surface area (TPSA) is 21.4 Å². The van der Waals surface area contributed by atoms with Crippen molar-refractivity contribution in [2.75, 3.05) is 0 Å². The summed E-state index contributed by atoms with van der Waals surface area (Å²) >= 11 is 0. The van der Waals surface area contributed by atoms with Gasteiger partial charge in [-0.3, -0.25) is 0 Å². The average Bonchev–Trinajstić information content (AvgIpc) is 3.87. The van der Waals surface area contributed by atoms with Crippen LogP contribution in [-0.4, -0.2) is 10.5 Å². The van der Waals surface area contributed by atoms with Crippen LogP contribution in [0.25, 0.3) is 66.3 Å². The van der Waals surface area contributed by atoms with E-state index in [1.54, 1.807) is 0 Å². The fraction of sp³-hybridized carbons (Fsp3) is 0.245. The summed E-state index contributed by atoms with van der Waals surface area (Å²) in [6.07, 6.45) is 16.4. The van der Waals surface area contributed by atoms with Crippen LogP contribution in [0.2, 0.25) is 0 Å². The summed E-state index contributed by atoms with van der Waals surface area (Å²) in [5.74, 6) is 1.25. The lowest BCUT2D eigenvalue weighted by Crippen LogP contribution is -2.71. The standard InChI is InChI=1S/C53H47N3O/c1-32-53(6)52(5,24-22-34-15-7-8-16-35(34)43-19-13-14-25-54(32)43)42-30-46-38(28-41(42)45-27-33(23-26-55(45)53)31-51(2,3)4)39-29-40-36-17-10-12-21-47(36)57-50(40)48-37-18-9-11-20-44(37)56(46)49(39)48/h7-21,23,25-30,36,47H,1,22,24,31H2,2-6H3/q+2. The first kappa shape index (κ1) is 33.2. The molecule has 4 aromatic heterocycles. The third kappa shape index (κ3) is 4.23. The third-order valence-electron chi connectivity index (χ3n) is 14.4. The molecule has 4 aliphatic rings. The van der Waals surface area contributed by atoms with Crippen LogP contribution in [0, 0.1) is 5.41 Å². The van der Waals surface area contributed by atoms with Gasteiger partial charge < -0.3 is 9.14 Å². The normalized spacial score (nSPS) is 23.3. The average molecular weight is 742 g/mol. The number of aromatic nitrogens is 3. The summed E-state index contributed by atoms with van der Waals surface area (Å²) in [6, 6.07) is 37.0. The minimum atomic E-state index is -0.517. The van der Waals surface area contributed by atoms with Crippen molar-refractivity contribution in [3.8, 4) is 28.3 Å². The Kier molecular flexibility index (Phi) is 6.46. The minimum Gasteiger partial charge on any atom is -0.484 e. The molecule has 0 fully saturated rings. The van der Waals surface area contributed by atoms with E-state index < -0.39 is 5.54 Å².